The normalized spacial score (nSPS) is 14.9. The number of likely N-dealkylation sites (tertiary alicyclic amines) is 1. The number of carbonyl (C=O) groups is 2. The second-order valence-corrected chi connectivity index (χ2v) is 5.07. The van der Waals surface area contributed by atoms with Gasteiger partial charge in [-0.15, -0.1) is 0 Å². The van der Waals surface area contributed by atoms with Gasteiger partial charge in [0.05, 0.1) is 5.56 Å². The first-order valence-corrected chi connectivity index (χ1v) is 7.24. The lowest BCUT2D eigenvalue weighted by Gasteiger charge is -2.26. The van der Waals surface area contributed by atoms with Gasteiger partial charge in [-0.25, -0.2) is 4.79 Å². The van der Waals surface area contributed by atoms with Crippen LogP contribution in [0.25, 0.3) is 0 Å². The molecule has 1 aliphatic heterocycles. The van der Waals surface area contributed by atoms with Crippen LogP contribution in [0.3, 0.4) is 0 Å². The molecule has 0 saturated carbocycles. The van der Waals surface area contributed by atoms with Gasteiger partial charge in [0.15, 0.2) is 6.61 Å². The Hall–Kier alpha value is -1.84. The molecule has 0 spiro atoms. The topological polar surface area (TPSA) is 46.6 Å². The minimum absolute atomic E-state index is 0.0942. The Balaban J connectivity index is 1.83. The summed E-state index contributed by atoms with van der Waals surface area (Å²) < 4.78 is 5.09. The Labute approximate surface area is 119 Å². The van der Waals surface area contributed by atoms with Gasteiger partial charge >= 0.3 is 5.97 Å². The lowest BCUT2D eigenvalue weighted by atomic mass is 10.1. The van der Waals surface area contributed by atoms with Crippen molar-refractivity contribution in [3.63, 3.8) is 0 Å². The van der Waals surface area contributed by atoms with Crippen LogP contribution >= 0.6 is 0 Å². The predicted octanol–water partition coefficient (Wildman–Crippen LogP) is 2.42. The molecule has 20 heavy (non-hydrogen) atoms. The van der Waals surface area contributed by atoms with Crippen molar-refractivity contribution in [2.24, 2.45) is 0 Å². The molecule has 2 rings (SSSR count). The van der Waals surface area contributed by atoms with Crippen molar-refractivity contribution in [2.75, 3.05) is 19.7 Å². The van der Waals surface area contributed by atoms with Gasteiger partial charge in [-0.05, 0) is 43.4 Å². The van der Waals surface area contributed by atoms with Gasteiger partial charge in [0.2, 0.25) is 0 Å². The van der Waals surface area contributed by atoms with Crippen molar-refractivity contribution in [3.8, 4) is 0 Å². The molecule has 4 nitrogen and oxygen atoms in total. The smallest absolute Gasteiger partial charge is 0.338 e. The molecule has 0 radical (unpaired) electrons. The lowest BCUT2D eigenvalue weighted by molar-refractivity contribution is -0.135. The lowest BCUT2D eigenvalue weighted by Crippen LogP contribution is -2.38. The molecule has 1 amide bonds. The number of hydrogen-bond acceptors (Lipinski definition) is 3. The first kappa shape index (κ1) is 14.6. The zero-order valence-corrected chi connectivity index (χ0v) is 11.9. The van der Waals surface area contributed by atoms with Gasteiger partial charge in [0, 0.05) is 13.1 Å². The fourth-order valence-electron chi connectivity index (χ4n) is 2.32. The van der Waals surface area contributed by atoms with E-state index in [2.05, 4.69) is 6.92 Å². The zero-order chi connectivity index (χ0) is 14.4. The molecule has 4 heteroatoms. The van der Waals surface area contributed by atoms with Crippen molar-refractivity contribution in [1.82, 2.24) is 4.90 Å². The Morgan fingerprint density at radius 3 is 2.35 bits per heavy atom. The number of piperidine rings is 1. The van der Waals surface area contributed by atoms with Gasteiger partial charge in [-0.1, -0.05) is 19.1 Å². The highest BCUT2D eigenvalue weighted by atomic mass is 16.5. The summed E-state index contributed by atoms with van der Waals surface area (Å²) in [4.78, 5) is 25.5. The van der Waals surface area contributed by atoms with Crippen molar-refractivity contribution in [1.29, 1.82) is 0 Å². The van der Waals surface area contributed by atoms with Crippen LogP contribution in [-0.4, -0.2) is 36.5 Å². The SMILES string of the molecule is CCc1ccc(C(=O)OCC(=O)N2CCCCC2)cc1. The van der Waals surface area contributed by atoms with Crippen LogP contribution in [0, 0.1) is 0 Å². The largest absolute Gasteiger partial charge is 0.452 e. The monoisotopic (exact) mass is 275 g/mol. The maximum absolute atomic E-state index is 11.9. The Kier molecular flexibility index (Phi) is 5.16. The molecule has 0 N–H and O–H groups in total. The minimum Gasteiger partial charge on any atom is -0.452 e. The Morgan fingerprint density at radius 2 is 1.75 bits per heavy atom. The molecular formula is C16H21NO3. The van der Waals surface area contributed by atoms with Gasteiger partial charge < -0.3 is 9.64 Å². The van der Waals surface area contributed by atoms with Crippen LogP contribution in [0.2, 0.25) is 0 Å². The molecule has 0 unspecified atom stereocenters. The Bertz CT molecular complexity index is 461. The molecule has 0 atom stereocenters. The van der Waals surface area contributed by atoms with E-state index in [-0.39, 0.29) is 12.5 Å². The Morgan fingerprint density at radius 1 is 1.10 bits per heavy atom. The molecule has 1 aliphatic rings. The highest BCUT2D eigenvalue weighted by Crippen LogP contribution is 2.10. The number of esters is 1. The summed E-state index contributed by atoms with van der Waals surface area (Å²) in [6, 6.07) is 7.30. The van der Waals surface area contributed by atoms with Crippen molar-refractivity contribution < 1.29 is 14.3 Å². The van der Waals surface area contributed by atoms with Gasteiger partial charge in [-0.2, -0.15) is 0 Å². The standard InChI is InChI=1S/C16H21NO3/c1-2-13-6-8-14(9-7-13)16(19)20-12-15(18)17-10-4-3-5-11-17/h6-9H,2-5,10-12H2,1H3. The summed E-state index contributed by atoms with van der Waals surface area (Å²) in [6.07, 6.45) is 4.19. The maximum Gasteiger partial charge on any atom is 0.338 e. The highest BCUT2D eigenvalue weighted by Gasteiger charge is 2.18. The third kappa shape index (κ3) is 3.83. The van der Waals surface area contributed by atoms with E-state index in [9.17, 15) is 9.59 Å². The van der Waals surface area contributed by atoms with Crippen molar-refractivity contribution in [3.05, 3.63) is 35.4 Å². The van der Waals surface area contributed by atoms with E-state index < -0.39 is 5.97 Å². The third-order valence-corrected chi connectivity index (χ3v) is 3.63. The van der Waals surface area contributed by atoms with E-state index in [0.717, 1.165) is 32.4 Å². The summed E-state index contributed by atoms with van der Waals surface area (Å²) in [5, 5.41) is 0. The van der Waals surface area contributed by atoms with Crippen LogP contribution < -0.4 is 0 Å². The number of benzene rings is 1. The van der Waals surface area contributed by atoms with Crippen LogP contribution in [0.1, 0.15) is 42.1 Å². The maximum atomic E-state index is 11.9. The van der Waals surface area contributed by atoms with E-state index >= 15 is 0 Å². The van der Waals surface area contributed by atoms with E-state index in [4.69, 9.17) is 4.74 Å². The van der Waals surface area contributed by atoms with Crippen LogP contribution in [0.15, 0.2) is 24.3 Å². The number of aryl methyl sites for hydroxylation is 1. The molecular weight excluding hydrogens is 254 g/mol. The molecule has 0 bridgehead atoms. The second-order valence-electron chi connectivity index (χ2n) is 5.07. The van der Waals surface area contributed by atoms with E-state index in [1.165, 1.54) is 12.0 Å². The predicted molar refractivity (Wildman–Crippen MR) is 76.5 cm³/mol. The van der Waals surface area contributed by atoms with Gasteiger partial charge in [0.25, 0.3) is 5.91 Å². The number of hydrogen-bond donors (Lipinski definition) is 0. The molecule has 0 aromatic heterocycles. The van der Waals surface area contributed by atoms with Gasteiger partial charge in [0.1, 0.15) is 0 Å². The molecule has 1 fully saturated rings. The van der Waals surface area contributed by atoms with Crippen LogP contribution in [0.4, 0.5) is 0 Å². The fraction of sp³-hybridized carbons (Fsp3) is 0.500. The fourth-order valence-corrected chi connectivity index (χ4v) is 2.32. The zero-order valence-electron chi connectivity index (χ0n) is 11.9. The van der Waals surface area contributed by atoms with Crippen LogP contribution in [0.5, 0.6) is 0 Å². The number of nitrogens with zero attached hydrogens (tertiary/aromatic N) is 1. The number of ether oxygens (including phenoxy) is 1. The van der Waals surface area contributed by atoms with Crippen LogP contribution in [-0.2, 0) is 16.0 Å². The van der Waals surface area contributed by atoms with E-state index in [0.29, 0.717) is 5.56 Å². The molecule has 108 valence electrons. The summed E-state index contributed by atoms with van der Waals surface area (Å²) >= 11 is 0. The summed E-state index contributed by atoms with van der Waals surface area (Å²) in [6.45, 7) is 3.46. The number of amides is 1. The number of carbonyl (C=O) groups excluding carboxylic acids is 2. The second kappa shape index (κ2) is 7.08. The number of rotatable bonds is 4. The molecule has 1 aromatic rings. The highest BCUT2D eigenvalue weighted by molar-refractivity contribution is 5.91. The first-order chi connectivity index (χ1) is 9.70. The average molecular weight is 275 g/mol. The molecule has 0 aliphatic carbocycles. The van der Waals surface area contributed by atoms with Gasteiger partial charge in [-0.3, -0.25) is 4.79 Å². The third-order valence-electron chi connectivity index (χ3n) is 3.63. The van der Waals surface area contributed by atoms with Crippen molar-refractivity contribution in [2.45, 2.75) is 32.6 Å². The summed E-state index contributed by atoms with van der Waals surface area (Å²) in [7, 11) is 0. The summed E-state index contributed by atoms with van der Waals surface area (Å²) in [5.41, 5.74) is 1.67. The minimum atomic E-state index is -0.432. The van der Waals surface area contributed by atoms with E-state index in [1.807, 2.05) is 12.1 Å². The van der Waals surface area contributed by atoms with E-state index in [1.54, 1.807) is 17.0 Å². The molecule has 1 aromatic carbocycles. The average Bonchev–Trinajstić information content (AvgIpc) is 2.53. The van der Waals surface area contributed by atoms with Crippen molar-refractivity contribution >= 4 is 11.9 Å². The first-order valence-electron chi connectivity index (χ1n) is 7.24. The molecule has 1 saturated heterocycles. The summed E-state index contributed by atoms with van der Waals surface area (Å²) in [5.74, 6) is -0.527. The quantitative estimate of drug-likeness (QED) is 0.793. The molecule has 1 heterocycles.